The van der Waals surface area contributed by atoms with Crippen LogP contribution in [-0.4, -0.2) is 27.4 Å². The molecule has 7 aromatic rings. The molecule has 0 bridgehead atoms. The van der Waals surface area contributed by atoms with E-state index in [9.17, 15) is 0 Å². The van der Waals surface area contributed by atoms with Crippen molar-refractivity contribution in [3.63, 3.8) is 0 Å². The van der Waals surface area contributed by atoms with Gasteiger partial charge in [-0.2, -0.15) is 0 Å². The summed E-state index contributed by atoms with van der Waals surface area (Å²) in [6.07, 6.45) is 40.2. The Morgan fingerprint density at radius 1 is 0.278 bits per heavy atom. The summed E-state index contributed by atoms with van der Waals surface area (Å²) < 4.78 is 27.9. The number of nitrogens with zero attached hydrogens (tertiary/aromatic N) is 12. The zero-order valence-corrected chi connectivity index (χ0v) is 33.2. The van der Waals surface area contributed by atoms with Crippen LogP contribution in [0.5, 0.6) is 0 Å². The maximum atomic E-state index is 2.38. The molecule has 0 radical (unpaired) electrons. The Hall–Kier alpha value is -5.52. The van der Waals surface area contributed by atoms with Gasteiger partial charge in [0.25, 0.3) is 0 Å². The van der Waals surface area contributed by atoms with E-state index in [1.54, 1.807) is 0 Å². The molecule has 0 saturated carbocycles. The number of aromatic nitrogens is 12. The SMILES string of the molecule is CCn1cc[n+](Cc2c(C[n+]3ccn(CC)c3)c(C[n+]3ccn(CC)c3)c(C[n+]3ccn(CC)c3)c(C[n+]3ccn(CC)c3)c2C[n+]2ccn(CC)c2)c1. The van der Waals surface area contributed by atoms with Crippen LogP contribution in [0.2, 0.25) is 0 Å². The first-order chi connectivity index (χ1) is 26.4. The third-order valence-corrected chi connectivity index (χ3v) is 10.9. The lowest BCUT2D eigenvalue weighted by atomic mass is 9.85. The highest BCUT2D eigenvalue weighted by Crippen LogP contribution is 2.30. The fraction of sp³-hybridized carbons (Fsp3) is 0.429. The summed E-state index contributed by atoms with van der Waals surface area (Å²) in [5, 5.41) is 0. The third-order valence-electron chi connectivity index (χ3n) is 10.9. The van der Waals surface area contributed by atoms with Crippen molar-refractivity contribution in [1.82, 2.24) is 27.4 Å². The van der Waals surface area contributed by atoms with Crippen molar-refractivity contribution in [1.29, 1.82) is 0 Å². The Morgan fingerprint density at radius 2 is 0.426 bits per heavy atom. The van der Waals surface area contributed by atoms with Gasteiger partial charge in [0.15, 0.2) is 0 Å². The molecule has 0 saturated heterocycles. The number of aryl methyl sites for hydroxylation is 6. The lowest BCUT2D eigenvalue weighted by Gasteiger charge is -2.24. The second-order valence-electron chi connectivity index (χ2n) is 14.4. The molecule has 0 unspecified atom stereocenters. The minimum Gasteiger partial charge on any atom is -0.237 e. The second-order valence-corrected chi connectivity index (χ2v) is 14.4. The Labute approximate surface area is 319 Å². The quantitative estimate of drug-likeness (QED) is 0.122. The van der Waals surface area contributed by atoms with Crippen molar-refractivity contribution < 1.29 is 27.4 Å². The average molecular weight is 733 g/mol. The maximum Gasteiger partial charge on any atom is 0.244 e. The van der Waals surface area contributed by atoms with Crippen LogP contribution in [-0.2, 0) is 78.5 Å². The molecule has 12 nitrogen and oxygen atoms in total. The number of rotatable bonds is 18. The van der Waals surface area contributed by atoms with Gasteiger partial charge in [-0.05, 0) is 41.5 Å². The number of hydrogen-bond donors (Lipinski definition) is 0. The Balaban J connectivity index is 1.55. The first-order valence-corrected chi connectivity index (χ1v) is 19.9. The summed E-state index contributed by atoms with van der Waals surface area (Å²) in [6, 6.07) is 0. The molecule has 0 amide bonds. The molecule has 0 atom stereocenters. The average Bonchev–Trinajstić information content (AvgIpc) is 4.05. The van der Waals surface area contributed by atoms with E-state index in [0.717, 1.165) is 78.5 Å². The molecule has 1 aromatic carbocycles. The maximum absolute atomic E-state index is 2.38. The van der Waals surface area contributed by atoms with Crippen LogP contribution in [0.3, 0.4) is 0 Å². The van der Waals surface area contributed by atoms with Gasteiger partial charge in [0.05, 0.1) is 39.3 Å². The van der Waals surface area contributed by atoms with Crippen molar-refractivity contribution in [3.8, 4) is 0 Å². The van der Waals surface area contributed by atoms with E-state index in [-0.39, 0.29) is 0 Å². The van der Waals surface area contributed by atoms with E-state index in [0.29, 0.717) is 0 Å². The third kappa shape index (κ3) is 8.17. The van der Waals surface area contributed by atoms with Crippen LogP contribution in [0.15, 0.2) is 112 Å². The van der Waals surface area contributed by atoms with Crippen LogP contribution >= 0.6 is 0 Å². The second kappa shape index (κ2) is 16.7. The predicted octanol–water partition coefficient (Wildman–Crippen LogP) is 2.63. The molecular weight excluding hydrogens is 673 g/mol. The van der Waals surface area contributed by atoms with Crippen molar-refractivity contribution in [2.75, 3.05) is 0 Å². The summed E-state index contributed by atoms with van der Waals surface area (Å²) in [5.41, 5.74) is 8.41. The lowest BCUT2D eigenvalue weighted by Crippen LogP contribution is -2.44. The Kier molecular flexibility index (Phi) is 11.4. The highest BCUT2D eigenvalue weighted by atomic mass is 15.2. The molecule has 0 fully saturated rings. The minimum atomic E-state index is 0.780. The number of imidazole rings is 6. The van der Waals surface area contributed by atoms with Crippen LogP contribution in [0.25, 0.3) is 0 Å². The molecule has 0 N–H and O–H groups in total. The van der Waals surface area contributed by atoms with Gasteiger partial charge >= 0.3 is 0 Å². The van der Waals surface area contributed by atoms with E-state index in [4.69, 9.17) is 0 Å². The standard InChI is InChI=1S/C42H60N12/c1-7-43-13-19-49(31-43)25-37-38(26-50-20-14-44(8-2)32-50)40(28-52-22-16-46(10-4)34-52)42(30-54-24-18-48(12-6)36-54)41(29-53-23-17-47(11-5)35-53)39(37)27-51-21-15-45(9-3)33-51/h13-24,31-36H,7-12,25-30H2,1-6H3/q+6. The summed E-state index contributed by atoms with van der Waals surface area (Å²) in [6.45, 7) is 23.6. The molecule has 12 heteroatoms. The minimum absolute atomic E-state index is 0.780. The summed E-state index contributed by atoms with van der Waals surface area (Å²) in [4.78, 5) is 0. The normalized spacial score (nSPS) is 11.7. The van der Waals surface area contributed by atoms with E-state index < -0.39 is 0 Å². The Morgan fingerprint density at radius 3 is 0.537 bits per heavy atom. The number of hydrogen-bond acceptors (Lipinski definition) is 0. The van der Waals surface area contributed by atoms with Gasteiger partial charge in [-0.3, -0.25) is 0 Å². The van der Waals surface area contributed by atoms with Crippen molar-refractivity contribution >= 4 is 0 Å². The van der Waals surface area contributed by atoms with Gasteiger partial charge in [-0.25, -0.2) is 54.8 Å². The van der Waals surface area contributed by atoms with Gasteiger partial charge in [0.2, 0.25) is 38.0 Å². The summed E-state index contributed by atoms with van der Waals surface area (Å²) in [7, 11) is 0. The molecule has 282 valence electrons. The number of benzene rings is 1. The molecule has 6 aromatic heterocycles. The van der Waals surface area contributed by atoms with Crippen molar-refractivity contribution in [2.24, 2.45) is 0 Å². The zero-order chi connectivity index (χ0) is 37.6. The van der Waals surface area contributed by atoms with E-state index in [1.807, 2.05) is 0 Å². The largest absolute Gasteiger partial charge is 0.244 e. The molecule has 54 heavy (non-hydrogen) atoms. The zero-order valence-electron chi connectivity index (χ0n) is 33.2. The fourth-order valence-corrected chi connectivity index (χ4v) is 7.65. The van der Waals surface area contributed by atoms with Crippen LogP contribution in [0, 0.1) is 0 Å². The van der Waals surface area contributed by atoms with Gasteiger partial charge in [-0.15, -0.1) is 0 Å². The Bertz CT molecular complexity index is 1850. The fourth-order valence-electron chi connectivity index (χ4n) is 7.65. The van der Waals surface area contributed by atoms with Crippen LogP contribution in [0.4, 0.5) is 0 Å². The van der Waals surface area contributed by atoms with Gasteiger partial charge < -0.3 is 0 Å². The van der Waals surface area contributed by atoms with Crippen molar-refractivity contribution in [3.05, 3.63) is 146 Å². The molecule has 7 rings (SSSR count). The molecule has 0 aliphatic carbocycles. The smallest absolute Gasteiger partial charge is 0.237 e. The highest BCUT2D eigenvalue weighted by Gasteiger charge is 2.31. The lowest BCUT2D eigenvalue weighted by molar-refractivity contribution is -0.700. The molecule has 0 spiro atoms. The molecule has 0 aliphatic heterocycles. The van der Waals surface area contributed by atoms with Gasteiger partial charge in [0.1, 0.15) is 114 Å². The van der Waals surface area contributed by atoms with Crippen LogP contribution in [0.1, 0.15) is 74.9 Å². The summed E-state index contributed by atoms with van der Waals surface area (Å²) >= 11 is 0. The van der Waals surface area contributed by atoms with Crippen molar-refractivity contribution in [2.45, 2.75) is 120 Å². The summed E-state index contributed by atoms with van der Waals surface area (Å²) in [5.74, 6) is 0. The van der Waals surface area contributed by atoms with Gasteiger partial charge in [-0.1, -0.05) is 0 Å². The first kappa shape index (κ1) is 36.8. The topological polar surface area (TPSA) is 52.9 Å². The van der Waals surface area contributed by atoms with E-state index >= 15 is 0 Å². The molecular formula is C42H60N12+6. The molecule has 6 heterocycles. The van der Waals surface area contributed by atoms with Gasteiger partial charge in [0, 0.05) is 33.4 Å². The monoisotopic (exact) mass is 733 g/mol. The predicted molar refractivity (Wildman–Crippen MR) is 203 cm³/mol. The first-order valence-electron chi connectivity index (χ1n) is 19.9. The van der Waals surface area contributed by atoms with E-state index in [1.165, 1.54) is 33.4 Å². The highest BCUT2D eigenvalue weighted by molar-refractivity contribution is 5.51. The van der Waals surface area contributed by atoms with Crippen LogP contribution < -0.4 is 27.4 Å². The molecule has 0 aliphatic rings. The van der Waals surface area contributed by atoms with E-state index in [2.05, 4.69) is 209 Å².